The molecule has 21 heavy (non-hydrogen) atoms. The third-order valence-electron chi connectivity index (χ3n) is 3.39. The van der Waals surface area contributed by atoms with Crippen LogP contribution in [0.15, 0.2) is 0 Å². The molecule has 6 nitrogen and oxygen atoms in total. The summed E-state index contributed by atoms with van der Waals surface area (Å²) in [6.07, 6.45) is 1.77. The fourth-order valence-electron chi connectivity index (χ4n) is 2.45. The largest absolute Gasteiger partial charge is 0.468 e. The van der Waals surface area contributed by atoms with Gasteiger partial charge >= 0.3 is 12.1 Å². The molecule has 0 unspecified atom stereocenters. The van der Waals surface area contributed by atoms with Gasteiger partial charge in [0.1, 0.15) is 11.5 Å². The molecule has 1 heterocycles. The Kier molecular flexibility index (Phi) is 5.75. The van der Waals surface area contributed by atoms with Crippen molar-refractivity contribution < 1.29 is 23.9 Å². The van der Waals surface area contributed by atoms with Gasteiger partial charge in [-0.05, 0) is 27.2 Å². The van der Waals surface area contributed by atoms with E-state index < -0.39 is 29.6 Å². The van der Waals surface area contributed by atoms with E-state index in [0.29, 0.717) is 6.42 Å². The number of methoxy groups -OCH3 is 1. The molecule has 2 atom stereocenters. The summed E-state index contributed by atoms with van der Waals surface area (Å²) in [7, 11) is 1.25. The van der Waals surface area contributed by atoms with Crippen molar-refractivity contribution in [1.29, 1.82) is 0 Å². The van der Waals surface area contributed by atoms with Gasteiger partial charge < -0.3 is 9.47 Å². The molecule has 0 spiro atoms. The summed E-state index contributed by atoms with van der Waals surface area (Å²) >= 11 is 0. The van der Waals surface area contributed by atoms with E-state index in [1.807, 2.05) is 6.92 Å². The van der Waals surface area contributed by atoms with E-state index in [-0.39, 0.29) is 12.3 Å². The minimum atomic E-state index is -0.894. The maximum absolute atomic E-state index is 12.2. The number of hydrogen-bond donors (Lipinski definition) is 0. The van der Waals surface area contributed by atoms with Gasteiger partial charge in [0.25, 0.3) is 0 Å². The zero-order valence-electron chi connectivity index (χ0n) is 13.5. The quantitative estimate of drug-likeness (QED) is 0.587. The summed E-state index contributed by atoms with van der Waals surface area (Å²) < 4.78 is 10.0. The van der Waals surface area contributed by atoms with Gasteiger partial charge in [-0.2, -0.15) is 0 Å². The lowest BCUT2D eigenvalue weighted by Gasteiger charge is -2.29. The number of Topliss-reactive ketones (excluding diaryl/α,β-unsaturated/α-hetero) is 1. The molecule has 0 aliphatic carbocycles. The summed E-state index contributed by atoms with van der Waals surface area (Å²) in [6.45, 7) is 7.22. The molecule has 1 aliphatic heterocycles. The van der Waals surface area contributed by atoms with Crippen LogP contribution in [0.1, 0.15) is 47.0 Å². The average Bonchev–Trinajstić information content (AvgIpc) is 2.70. The molecule has 1 aliphatic rings. The highest BCUT2D eigenvalue weighted by atomic mass is 16.6. The molecule has 0 aromatic carbocycles. The summed E-state index contributed by atoms with van der Waals surface area (Å²) in [5.74, 6) is -1.75. The van der Waals surface area contributed by atoms with Crippen molar-refractivity contribution >= 4 is 17.8 Å². The molecule has 6 heteroatoms. The smallest absolute Gasteiger partial charge is 0.410 e. The second-order valence-corrected chi connectivity index (χ2v) is 6.28. The monoisotopic (exact) mass is 299 g/mol. The van der Waals surface area contributed by atoms with Crippen molar-refractivity contribution in [2.24, 2.45) is 5.92 Å². The summed E-state index contributed by atoms with van der Waals surface area (Å²) in [6, 6.07) is -0.472. The first-order chi connectivity index (χ1) is 9.71. The van der Waals surface area contributed by atoms with Crippen molar-refractivity contribution in [2.45, 2.75) is 58.6 Å². The summed E-state index contributed by atoms with van der Waals surface area (Å²) in [5.41, 5.74) is -0.640. The standard InChI is InChI=1S/C15H25NO5/c1-6-7-8-10-12(13(18)20-5)11(17)9-16(10)14(19)21-15(2,3)4/h10,12H,6-9H2,1-5H3/t10-,12+/m1/s1. The molecule has 0 aromatic rings. The molecule has 120 valence electrons. The van der Waals surface area contributed by atoms with E-state index in [2.05, 4.69) is 0 Å². The van der Waals surface area contributed by atoms with Crippen LogP contribution in [0.5, 0.6) is 0 Å². The molecule has 0 radical (unpaired) electrons. The van der Waals surface area contributed by atoms with E-state index in [9.17, 15) is 14.4 Å². The second-order valence-electron chi connectivity index (χ2n) is 6.28. The highest BCUT2D eigenvalue weighted by Crippen LogP contribution is 2.28. The van der Waals surface area contributed by atoms with Crippen molar-refractivity contribution in [2.75, 3.05) is 13.7 Å². The normalized spacial score (nSPS) is 22.3. The molecule has 0 saturated carbocycles. The zero-order chi connectivity index (χ0) is 16.2. The average molecular weight is 299 g/mol. The Balaban J connectivity index is 2.94. The third-order valence-corrected chi connectivity index (χ3v) is 3.39. The van der Waals surface area contributed by atoms with Crippen LogP contribution in [0.3, 0.4) is 0 Å². The van der Waals surface area contributed by atoms with Crippen molar-refractivity contribution in [1.82, 2.24) is 4.90 Å². The van der Waals surface area contributed by atoms with Crippen molar-refractivity contribution in [3.05, 3.63) is 0 Å². The first kappa shape index (κ1) is 17.5. The van der Waals surface area contributed by atoms with Gasteiger partial charge in [0, 0.05) is 0 Å². The Labute approximate surface area is 125 Å². The third kappa shape index (κ3) is 4.44. The van der Waals surface area contributed by atoms with E-state index in [1.54, 1.807) is 20.8 Å². The van der Waals surface area contributed by atoms with Gasteiger partial charge in [-0.25, -0.2) is 4.79 Å². The Bertz CT molecular complexity index is 413. The number of ether oxygens (including phenoxy) is 2. The SMILES string of the molecule is CCCC[C@@H]1[C@H](C(=O)OC)C(=O)CN1C(=O)OC(C)(C)C. The van der Waals surface area contributed by atoms with Crippen LogP contribution in [-0.2, 0) is 19.1 Å². The van der Waals surface area contributed by atoms with Crippen molar-refractivity contribution in [3.8, 4) is 0 Å². The molecule has 1 fully saturated rings. The molecule has 0 N–H and O–H groups in total. The number of likely N-dealkylation sites (tertiary alicyclic amines) is 1. The molecule has 0 bridgehead atoms. The minimum Gasteiger partial charge on any atom is -0.468 e. The van der Waals surface area contributed by atoms with Gasteiger partial charge in [-0.1, -0.05) is 19.8 Å². The van der Waals surface area contributed by atoms with Crippen LogP contribution in [-0.4, -0.2) is 48.0 Å². The van der Waals surface area contributed by atoms with Crippen LogP contribution >= 0.6 is 0 Å². The number of rotatable bonds is 4. The Hall–Kier alpha value is -1.59. The number of ketones is 1. The van der Waals surface area contributed by atoms with Gasteiger partial charge in [0.05, 0.1) is 19.7 Å². The van der Waals surface area contributed by atoms with E-state index in [1.165, 1.54) is 12.0 Å². The molecular formula is C15H25NO5. The molecule has 1 amide bonds. The van der Waals surface area contributed by atoms with Gasteiger partial charge in [0.2, 0.25) is 0 Å². The molecular weight excluding hydrogens is 274 g/mol. The number of nitrogens with zero attached hydrogens (tertiary/aromatic N) is 1. The molecule has 1 saturated heterocycles. The maximum Gasteiger partial charge on any atom is 0.410 e. The fourth-order valence-corrected chi connectivity index (χ4v) is 2.45. The lowest BCUT2D eigenvalue weighted by atomic mass is 9.95. The number of carbonyl (C=O) groups is 3. The Morgan fingerprint density at radius 2 is 1.95 bits per heavy atom. The highest BCUT2D eigenvalue weighted by molar-refractivity contribution is 6.04. The first-order valence-corrected chi connectivity index (χ1v) is 7.31. The lowest BCUT2D eigenvalue weighted by molar-refractivity contribution is -0.148. The second kappa shape index (κ2) is 6.91. The number of esters is 1. The van der Waals surface area contributed by atoms with Gasteiger partial charge in [-0.15, -0.1) is 0 Å². The van der Waals surface area contributed by atoms with Crippen LogP contribution in [0.4, 0.5) is 4.79 Å². The van der Waals surface area contributed by atoms with Crippen LogP contribution in [0.25, 0.3) is 0 Å². The summed E-state index contributed by atoms with van der Waals surface area (Å²) in [4.78, 5) is 37.5. The predicted octanol–water partition coefficient (Wildman–Crippen LogP) is 2.15. The van der Waals surface area contributed by atoms with E-state index in [4.69, 9.17) is 9.47 Å². The van der Waals surface area contributed by atoms with Crippen LogP contribution < -0.4 is 0 Å². The first-order valence-electron chi connectivity index (χ1n) is 7.31. The number of unbranched alkanes of at least 4 members (excludes halogenated alkanes) is 1. The number of hydrogen-bond acceptors (Lipinski definition) is 5. The predicted molar refractivity (Wildman–Crippen MR) is 76.8 cm³/mol. The van der Waals surface area contributed by atoms with Crippen molar-refractivity contribution in [3.63, 3.8) is 0 Å². The highest BCUT2D eigenvalue weighted by Gasteiger charge is 2.48. The number of carbonyl (C=O) groups excluding carboxylic acids is 3. The topological polar surface area (TPSA) is 72.9 Å². The molecule has 0 aromatic heterocycles. The van der Waals surface area contributed by atoms with E-state index in [0.717, 1.165) is 12.8 Å². The minimum absolute atomic E-state index is 0.0942. The molecule has 1 rings (SSSR count). The Morgan fingerprint density at radius 3 is 2.43 bits per heavy atom. The van der Waals surface area contributed by atoms with Crippen LogP contribution in [0, 0.1) is 5.92 Å². The number of amides is 1. The summed E-state index contributed by atoms with van der Waals surface area (Å²) in [5, 5.41) is 0. The maximum atomic E-state index is 12.2. The fraction of sp³-hybridized carbons (Fsp3) is 0.800. The Morgan fingerprint density at radius 1 is 1.33 bits per heavy atom. The van der Waals surface area contributed by atoms with E-state index >= 15 is 0 Å². The zero-order valence-corrected chi connectivity index (χ0v) is 13.5. The van der Waals surface area contributed by atoms with Gasteiger partial charge in [0.15, 0.2) is 5.78 Å². The lowest BCUT2D eigenvalue weighted by Crippen LogP contribution is -2.42. The van der Waals surface area contributed by atoms with Crippen LogP contribution in [0.2, 0.25) is 0 Å². The van der Waals surface area contributed by atoms with Gasteiger partial charge in [-0.3, -0.25) is 14.5 Å².